The summed E-state index contributed by atoms with van der Waals surface area (Å²) in [5.41, 5.74) is 6.09. The van der Waals surface area contributed by atoms with Gasteiger partial charge in [-0.15, -0.1) is 10.2 Å². The highest BCUT2D eigenvalue weighted by atomic mass is 35.5. The van der Waals surface area contributed by atoms with Crippen LogP contribution in [0.25, 0.3) is 11.5 Å². The summed E-state index contributed by atoms with van der Waals surface area (Å²) in [4.78, 5) is 0. The summed E-state index contributed by atoms with van der Waals surface area (Å²) in [6.45, 7) is 0.597. The third-order valence-corrected chi connectivity index (χ3v) is 2.77. The Bertz CT molecular complexity index is 513. The monoisotopic (exact) mass is 271 g/mol. The van der Waals surface area contributed by atoms with E-state index < -0.39 is 0 Å². The van der Waals surface area contributed by atoms with E-state index in [0.717, 1.165) is 6.42 Å². The first kappa shape index (κ1) is 12.4. The normalized spacial score (nSPS) is 10.8. The summed E-state index contributed by atoms with van der Waals surface area (Å²) in [6.07, 6.45) is 1.49. The molecular weight excluding hydrogens is 261 g/mol. The van der Waals surface area contributed by atoms with Crippen LogP contribution in [-0.4, -0.2) is 16.7 Å². The van der Waals surface area contributed by atoms with Gasteiger partial charge in [-0.2, -0.15) is 0 Å². The summed E-state index contributed by atoms with van der Waals surface area (Å²) in [5, 5.41) is 8.94. The maximum absolute atomic E-state index is 6.05. The molecule has 0 aliphatic heterocycles. The van der Waals surface area contributed by atoms with E-state index in [-0.39, 0.29) is 0 Å². The minimum Gasteiger partial charge on any atom is -0.421 e. The molecular formula is C11H11Cl2N3O. The fourth-order valence-electron chi connectivity index (χ4n) is 1.38. The summed E-state index contributed by atoms with van der Waals surface area (Å²) in [7, 11) is 0. The number of nitrogens with zero attached hydrogens (tertiary/aromatic N) is 2. The third-order valence-electron chi connectivity index (χ3n) is 2.22. The molecule has 6 heteroatoms. The lowest BCUT2D eigenvalue weighted by molar-refractivity contribution is 0.499. The molecule has 2 aromatic rings. The first-order chi connectivity index (χ1) is 8.20. The van der Waals surface area contributed by atoms with Gasteiger partial charge in [-0.05, 0) is 31.2 Å². The molecule has 4 nitrogen and oxygen atoms in total. The zero-order chi connectivity index (χ0) is 12.3. The summed E-state index contributed by atoms with van der Waals surface area (Å²) < 4.78 is 5.49. The molecule has 0 aliphatic rings. The molecule has 2 N–H and O–H groups in total. The number of hydrogen-bond acceptors (Lipinski definition) is 4. The molecule has 1 aromatic heterocycles. The topological polar surface area (TPSA) is 64.9 Å². The Morgan fingerprint density at radius 2 is 2.06 bits per heavy atom. The Morgan fingerprint density at radius 1 is 1.24 bits per heavy atom. The second-order valence-corrected chi connectivity index (χ2v) is 4.36. The summed E-state index contributed by atoms with van der Waals surface area (Å²) >= 11 is 11.9. The molecule has 2 rings (SSSR count). The van der Waals surface area contributed by atoms with E-state index in [1.54, 1.807) is 18.2 Å². The summed E-state index contributed by atoms with van der Waals surface area (Å²) in [5.74, 6) is 0.968. The van der Waals surface area contributed by atoms with E-state index in [1.807, 2.05) is 0 Å². The standard InChI is InChI=1S/C11H11Cl2N3O/c12-7-3-4-8(9(13)6-7)11-16-15-10(17-11)2-1-5-14/h3-4,6H,1-2,5,14H2. The second-order valence-electron chi connectivity index (χ2n) is 3.52. The van der Waals surface area contributed by atoms with Crippen LogP contribution in [0, 0.1) is 0 Å². The first-order valence-electron chi connectivity index (χ1n) is 5.18. The van der Waals surface area contributed by atoms with E-state index in [1.165, 1.54) is 0 Å². The number of aryl methyl sites for hydroxylation is 1. The van der Waals surface area contributed by atoms with Crippen molar-refractivity contribution in [1.82, 2.24) is 10.2 Å². The molecule has 0 aliphatic carbocycles. The second kappa shape index (κ2) is 5.49. The highest BCUT2D eigenvalue weighted by Gasteiger charge is 2.11. The van der Waals surface area contributed by atoms with Gasteiger partial charge in [0.05, 0.1) is 10.6 Å². The summed E-state index contributed by atoms with van der Waals surface area (Å²) in [6, 6.07) is 5.12. The Labute approximate surface area is 109 Å². The Balaban J connectivity index is 2.24. The van der Waals surface area contributed by atoms with Gasteiger partial charge in [0.1, 0.15) is 0 Å². The first-order valence-corrected chi connectivity index (χ1v) is 5.94. The number of rotatable bonds is 4. The highest BCUT2D eigenvalue weighted by molar-refractivity contribution is 6.36. The van der Waals surface area contributed by atoms with Crippen molar-refractivity contribution in [1.29, 1.82) is 0 Å². The molecule has 0 saturated heterocycles. The van der Waals surface area contributed by atoms with E-state index in [2.05, 4.69) is 10.2 Å². The van der Waals surface area contributed by atoms with Crippen molar-refractivity contribution in [3.63, 3.8) is 0 Å². The number of hydrogen-bond donors (Lipinski definition) is 1. The number of halogens is 2. The van der Waals surface area contributed by atoms with Crippen molar-refractivity contribution < 1.29 is 4.42 Å². The lowest BCUT2D eigenvalue weighted by atomic mass is 10.2. The molecule has 0 atom stereocenters. The van der Waals surface area contributed by atoms with Gasteiger partial charge in [-0.25, -0.2) is 0 Å². The van der Waals surface area contributed by atoms with E-state index in [4.69, 9.17) is 33.4 Å². The fraction of sp³-hybridized carbons (Fsp3) is 0.273. The van der Waals surface area contributed by atoms with Crippen LogP contribution >= 0.6 is 23.2 Å². The van der Waals surface area contributed by atoms with Crippen LogP contribution < -0.4 is 5.73 Å². The predicted molar refractivity (Wildman–Crippen MR) is 67.1 cm³/mol. The van der Waals surface area contributed by atoms with Crippen LogP contribution in [0.15, 0.2) is 22.6 Å². The van der Waals surface area contributed by atoms with Crippen LogP contribution in [-0.2, 0) is 6.42 Å². The minimum atomic E-state index is 0.402. The predicted octanol–water partition coefficient (Wildman–Crippen LogP) is 2.93. The number of benzene rings is 1. The molecule has 0 saturated carbocycles. The van der Waals surface area contributed by atoms with Crippen molar-refractivity contribution in [2.45, 2.75) is 12.8 Å². The third kappa shape index (κ3) is 2.97. The van der Waals surface area contributed by atoms with Gasteiger partial charge in [-0.1, -0.05) is 23.2 Å². The SMILES string of the molecule is NCCCc1nnc(-c2ccc(Cl)cc2Cl)o1. The molecule has 1 heterocycles. The van der Waals surface area contributed by atoms with Crippen LogP contribution in [0.1, 0.15) is 12.3 Å². The zero-order valence-corrected chi connectivity index (χ0v) is 10.5. The lowest BCUT2D eigenvalue weighted by Gasteiger charge is -1.98. The van der Waals surface area contributed by atoms with Crippen LogP contribution in [0.5, 0.6) is 0 Å². The molecule has 0 radical (unpaired) electrons. The molecule has 0 bridgehead atoms. The van der Waals surface area contributed by atoms with Gasteiger partial charge in [0.2, 0.25) is 11.8 Å². The van der Waals surface area contributed by atoms with Gasteiger partial charge in [0.15, 0.2) is 0 Å². The van der Waals surface area contributed by atoms with E-state index in [9.17, 15) is 0 Å². The average molecular weight is 272 g/mol. The zero-order valence-electron chi connectivity index (χ0n) is 8.99. The average Bonchev–Trinajstić information content (AvgIpc) is 2.75. The van der Waals surface area contributed by atoms with Crippen molar-refractivity contribution in [3.05, 3.63) is 34.1 Å². The molecule has 0 fully saturated rings. The molecule has 0 unspecified atom stereocenters. The smallest absolute Gasteiger partial charge is 0.249 e. The molecule has 0 spiro atoms. The van der Waals surface area contributed by atoms with E-state index in [0.29, 0.717) is 40.4 Å². The molecule has 0 amide bonds. The highest BCUT2D eigenvalue weighted by Crippen LogP contribution is 2.29. The minimum absolute atomic E-state index is 0.402. The van der Waals surface area contributed by atoms with Crippen LogP contribution in [0.3, 0.4) is 0 Å². The Hall–Kier alpha value is -1.10. The van der Waals surface area contributed by atoms with Gasteiger partial charge in [0, 0.05) is 11.4 Å². The quantitative estimate of drug-likeness (QED) is 0.929. The number of aromatic nitrogens is 2. The van der Waals surface area contributed by atoms with Crippen LogP contribution in [0.2, 0.25) is 10.0 Å². The van der Waals surface area contributed by atoms with Crippen molar-refractivity contribution >= 4 is 23.2 Å². The van der Waals surface area contributed by atoms with Crippen molar-refractivity contribution in [2.75, 3.05) is 6.54 Å². The molecule has 1 aromatic carbocycles. The van der Waals surface area contributed by atoms with Gasteiger partial charge < -0.3 is 10.2 Å². The molecule has 90 valence electrons. The molecule has 17 heavy (non-hydrogen) atoms. The van der Waals surface area contributed by atoms with Crippen molar-refractivity contribution in [3.8, 4) is 11.5 Å². The van der Waals surface area contributed by atoms with Crippen LogP contribution in [0.4, 0.5) is 0 Å². The maximum Gasteiger partial charge on any atom is 0.249 e. The maximum atomic E-state index is 6.05. The Kier molecular flexibility index (Phi) is 3.99. The van der Waals surface area contributed by atoms with Gasteiger partial charge in [-0.3, -0.25) is 0 Å². The number of nitrogens with two attached hydrogens (primary N) is 1. The largest absolute Gasteiger partial charge is 0.421 e. The Morgan fingerprint density at radius 3 is 2.76 bits per heavy atom. The fourth-order valence-corrected chi connectivity index (χ4v) is 1.87. The lowest BCUT2D eigenvalue weighted by Crippen LogP contribution is -2.00. The van der Waals surface area contributed by atoms with E-state index >= 15 is 0 Å². The van der Waals surface area contributed by atoms with Crippen molar-refractivity contribution in [2.24, 2.45) is 5.73 Å². The van der Waals surface area contributed by atoms with Gasteiger partial charge >= 0.3 is 0 Å². The van der Waals surface area contributed by atoms with Gasteiger partial charge in [0.25, 0.3) is 0 Å².